The molecule has 0 amide bonds. The summed E-state index contributed by atoms with van der Waals surface area (Å²) < 4.78 is 0. The predicted octanol–water partition coefficient (Wildman–Crippen LogP) is 0.862. The zero-order chi connectivity index (χ0) is 11.4. The first kappa shape index (κ1) is 9.97. The van der Waals surface area contributed by atoms with Gasteiger partial charge in [-0.2, -0.15) is 21.0 Å². The molecular weight excluding hydrogens is 190 g/mol. The molecular formula is C10HN5. The summed E-state index contributed by atoms with van der Waals surface area (Å²) in [7, 11) is 0. The van der Waals surface area contributed by atoms with E-state index in [0.29, 0.717) is 0 Å². The molecule has 0 saturated carbocycles. The lowest BCUT2D eigenvalue weighted by atomic mass is 10.1. The Kier molecular flexibility index (Phi) is 2.48. The third-order valence-corrected chi connectivity index (χ3v) is 1.82. The fourth-order valence-electron chi connectivity index (χ4n) is 1.20. The summed E-state index contributed by atoms with van der Waals surface area (Å²) in [5, 5.41) is 41.9. The number of nitrogens with one attached hydrogen (secondary N) is 1. The Bertz CT molecular complexity index is 563. The van der Waals surface area contributed by atoms with Gasteiger partial charge in [-0.15, -0.1) is 0 Å². The van der Waals surface area contributed by atoms with Gasteiger partial charge in [-0.05, 0) is 5.87 Å². The molecule has 0 fully saturated rings. The van der Waals surface area contributed by atoms with Crippen LogP contribution in [-0.2, 0) is 0 Å². The highest BCUT2D eigenvalue weighted by Crippen LogP contribution is 2.34. The van der Waals surface area contributed by atoms with E-state index < -0.39 is 0 Å². The van der Waals surface area contributed by atoms with Crippen molar-refractivity contribution in [3.63, 3.8) is 0 Å². The second-order valence-electron chi connectivity index (χ2n) is 2.45. The van der Waals surface area contributed by atoms with E-state index in [-0.39, 0.29) is 27.9 Å². The summed E-state index contributed by atoms with van der Waals surface area (Å²) in [6, 6.07) is 6.73. The van der Waals surface area contributed by atoms with Crippen molar-refractivity contribution in [1.29, 1.82) is 26.5 Å². The average molecular weight is 191 g/mol. The molecule has 0 heterocycles. The minimum atomic E-state index is -0.161. The summed E-state index contributed by atoms with van der Waals surface area (Å²) in [6.07, 6.45) is 0. The first-order valence-corrected chi connectivity index (χ1v) is 3.64. The Hall–Kier alpha value is -3.11. The van der Waals surface area contributed by atoms with Gasteiger partial charge in [0.25, 0.3) is 0 Å². The van der Waals surface area contributed by atoms with Crippen LogP contribution in [0.3, 0.4) is 0 Å². The van der Waals surface area contributed by atoms with Crippen LogP contribution in [-0.4, -0.2) is 5.87 Å². The zero-order valence-corrected chi connectivity index (χ0v) is 7.29. The highest BCUT2D eigenvalue weighted by Gasteiger charge is 2.30. The highest BCUT2D eigenvalue weighted by atomic mass is 14.4. The van der Waals surface area contributed by atoms with Crippen molar-refractivity contribution in [1.82, 2.24) is 0 Å². The van der Waals surface area contributed by atoms with Gasteiger partial charge in [0.1, 0.15) is 24.3 Å². The smallest absolute Gasteiger partial charge is 0.102 e. The van der Waals surface area contributed by atoms with Crippen molar-refractivity contribution in [2.24, 2.45) is 0 Å². The van der Waals surface area contributed by atoms with Gasteiger partial charge >= 0.3 is 0 Å². The van der Waals surface area contributed by atoms with Gasteiger partial charge in [0.05, 0.1) is 27.9 Å². The van der Waals surface area contributed by atoms with Gasteiger partial charge < -0.3 is 0 Å². The maximum absolute atomic E-state index is 8.75. The normalized spacial score (nSPS) is 13.7. The van der Waals surface area contributed by atoms with Gasteiger partial charge in [0.2, 0.25) is 0 Å². The second kappa shape index (κ2) is 3.73. The molecule has 1 rings (SSSR count). The van der Waals surface area contributed by atoms with Gasteiger partial charge in [-0.3, -0.25) is 5.41 Å². The molecule has 0 spiro atoms. The monoisotopic (exact) mass is 191 g/mol. The van der Waals surface area contributed by atoms with E-state index in [1.165, 1.54) is 0 Å². The lowest BCUT2D eigenvalue weighted by Gasteiger charge is -1.89. The average Bonchev–Trinajstić information content (AvgIpc) is 2.59. The Balaban J connectivity index is 3.75. The summed E-state index contributed by atoms with van der Waals surface area (Å²) in [4.78, 5) is 0. The number of rotatable bonds is 0. The van der Waals surface area contributed by atoms with Crippen LogP contribution in [0.5, 0.6) is 0 Å². The molecule has 0 aromatic rings. The Labute approximate surface area is 85.2 Å². The maximum atomic E-state index is 8.75. The first-order valence-electron chi connectivity index (χ1n) is 3.64. The van der Waals surface area contributed by atoms with E-state index in [2.05, 4.69) is 0 Å². The maximum Gasteiger partial charge on any atom is 0.102 e. The largest absolute Gasteiger partial charge is 0.258 e. The zero-order valence-electron chi connectivity index (χ0n) is 7.29. The van der Waals surface area contributed by atoms with Crippen LogP contribution in [0.1, 0.15) is 0 Å². The summed E-state index contributed by atoms with van der Waals surface area (Å²) in [6.45, 7) is 0. The van der Waals surface area contributed by atoms with Crippen molar-refractivity contribution in [2.45, 2.75) is 0 Å². The van der Waals surface area contributed by atoms with E-state index in [0.717, 1.165) is 0 Å². The first-order chi connectivity index (χ1) is 7.24. The number of nitriles is 4. The third-order valence-electron chi connectivity index (χ3n) is 1.82. The van der Waals surface area contributed by atoms with Crippen molar-refractivity contribution in [3.05, 3.63) is 27.9 Å². The van der Waals surface area contributed by atoms with Crippen molar-refractivity contribution < 1.29 is 0 Å². The quantitative estimate of drug-likeness (QED) is 0.571. The predicted molar refractivity (Wildman–Crippen MR) is 47.7 cm³/mol. The minimum absolute atomic E-state index is 0.0897. The topological polar surface area (TPSA) is 119 Å². The highest BCUT2D eigenvalue weighted by molar-refractivity contribution is 5.87. The van der Waals surface area contributed by atoms with E-state index in [1.807, 2.05) is 5.87 Å². The molecule has 1 N–H and O–H groups in total. The van der Waals surface area contributed by atoms with Crippen LogP contribution < -0.4 is 0 Å². The van der Waals surface area contributed by atoms with Crippen molar-refractivity contribution in [3.8, 4) is 24.3 Å². The fraction of sp³-hybridized carbons (Fsp3) is 0. The molecule has 1 aliphatic carbocycles. The molecule has 0 aromatic carbocycles. The molecule has 5 nitrogen and oxygen atoms in total. The Morgan fingerprint density at radius 2 is 1.00 bits per heavy atom. The Morgan fingerprint density at radius 1 is 0.667 bits per heavy atom. The molecule has 0 aromatic heterocycles. The van der Waals surface area contributed by atoms with Crippen LogP contribution in [0.4, 0.5) is 0 Å². The number of hydrogen-bond donors (Lipinski definition) is 1. The molecule has 0 aliphatic heterocycles. The van der Waals surface area contributed by atoms with Gasteiger partial charge in [0.15, 0.2) is 0 Å². The number of allylic oxidation sites excluding steroid dienone is 5. The molecule has 0 radical (unpaired) electrons. The lowest BCUT2D eigenvalue weighted by Crippen LogP contribution is -1.86. The molecule has 0 bridgehead atoms. The van der Waals surface area contributed by atoms with Crippen LogP contribution in [0.15, 0.2) is 27.9 Å². The van der Waals surface area contributed by atoms with E-state index in [4.69, 9.17) is 26.5 Å². The second-order valence-corrected chi connectivity index (χ2v) is 2.45. The number of nitrogens with zero attached hydrogens (tertiary/aromatic N) is 4. The lowest BCUT2D eigenvalue weighted by molar-refractivity contribution is 1.42. The summed E-state index contributed by atoms with van der Waals surface area (Å²) in [5.41, 5.74) is -0.688. The molecule has 0 atom stereocenters. The minimum Gasteiger partial charge on any atom is -0.258 e. The van der Waals surface area contributed by atoms with E-state index in [9.17, 15) is 0 Å². The number of hydrogen-bond acceptors (Lipinski definition) is 5. The third kappa shape index (κ3) is 1.19. The summed E-state index contributed by atoms with van der Waals surface area (Å²) in [5.74, 6) is 1.90. The molecule has 1 aliphatic rings. The van der Waals surface area contributed by atoms with Gasteiger partial charge in [0, 0.05) is 0 Å². The van der Waals surface area contributed by atoms with Crippen molar-refractivity contribution in [2.75, 3.05) is 0 Å². The fourth-order valence-corrected chi connectivity index (χ4v) is 1.20. The van der Waals surface area contributed by atoms with E-state index in [1.54, 1.807) is 24.3 Å². The Morgan fingerprint density at radius 3 is 1.20 bits per heavy atom. The standard InChI is InChI=1S/C10HN5/c11-1-6-7(2-12)9(4-14)10(5-15)8(6)3-13/h11H. The van der Waals surface area contributed by atoms with Crippen LogP contribution >= 0.6 is 0 Å². The molecule has 15 heavy (non-hydrogen) atoms. The molecule has 0 unspecified atom stereocenters. The molecule has 0 saturated heterocycles. The van der Waals surface area contributed by atoms with E-state index >= 15 is 0 Å². The van der Waals surface area contributed by atoms with Crippen LogP contribution in [0.2, 0.25) is 0 Å². The SMILES string of the molecule is N#CC1=C(C#N)C(C#N)=C(C#N)C1=C=N. The van der Waals surface area contributed by atoms with Crippen molar-refractivity contribution >= 4 is 5.87 Å². The molecule has 66 valence electrons. The van der Waals surface area contributed by atoms with Gasteiger partial charge in [-0.1, -0.05) is 0 Å². The van der Waals surface area contributed by atoms with Gasteiger partial charge in [-0.25, -0.2) is 0 Å². The summed E-state index contributed by atoms with van der Waals surface area (Å²) >= 11 is 0. The van der Waals surface area contributed by atoms with Crippen LogP contribution in [0, 0.1) is 50.7 Å². The molecule has 5 heteroatoms. The van der Waals surface area contributed by atoms with Crippen LogP contribution in [0.25, 0.3) is 0 Å².